The van der Waals surface area contributed by atoms with Gasteiger partial charge in [-0.15, -0.1) is 0 Å². The van der Waals surface area contributed by atoms with Crippen molar-refractivity contribution in [1.82, 2.24) is 0 Å². The van der Waals surface area contributed by atoms with E-state index in [-0.39, 0.29) is 0 Å². The Morgan fingerprint density at radius 2 is 1.93 bits per heavy atom. The molecule has 0 amide bonds. The molecule has 0 saturated heterocycles. The van der Waals surface area contributed by atoms with Crippen LogP contribution in [-0.4, -0.2) is 0 Å². The Morgan fingerprint density at radius 3 is 2.70 bits per heavy atom. The first kappa shape index (κ1) is 18.1. The molecule has 4 rings (SSSR count). The summed E-state index contributed by atoms with van der Waals surface area (Å²) < 4.78 is 0. The Bertz CT molecular complexity index is 914. The average Bonchev–Trinajstić information content (AvgIpc) is 3.11. The van der Waals surface area contributed by atoms with Crippen molar-refractivity contribution in [3.63, 3.8) is 0 Å². The van der Waals surface area contributed by atoms with Gasteiger partial charge in [-0.25, -0.2) is 0 Å². The summed E-state index contributed by atoms with van der Waals surface area (Å²) in [6, 6.07) is 16.0. The van der Waals surface area contributed by atoms with Gasteiger partial charge in [0.1, 0.15) is 0 Å². The van der Waals surface area contributed by atoms with Gasteiger partial charge in [0.25, 0.3) is 0 Å². The summed E-state index contributed by atoms with van der Waals surface area (Å²) in [6.07, 6.45) is 10.6. The number of benzene rings is 2. The van der Waals surface area contributed by atoms with Crippen molar-refractivity contribution in [2.24, 2.45) is 5.73 Å². The van der Waals surface area contributed by atoms with E-state index in [0.29, 0.717) is 11.3 Å². The molecule has 2 aromatic rings. The molecule has 0 aromatic heterocycles. The number of rotatable bonds is 4. The van der Waals surface area contributed by atoms with E-state index < -0.39 is 0 Å². The molecule has 2 aromatic carbocycles. The Hall–Kier alpha value is -2.28. The fourth-order valence-electron chi connectivity index (χ4n) is 5.51. The van der Waals surface area contributed by atoms with Crippen LogP contribution in [0.3, 0.4) is 0 Å². The lowest BCUT2D eigenvalue weighted by atomic mass is 9.61. The van der Waals surface area contributed by atoms with Gasteiger partial charge in [-0.1, -0.05) is 67.8 Å². The van der Waals surface area contributed by atoms with Crippen molar-refractivity contribution in [2.45, 2.75) is 64.2 Å². The molecule has 2 aliphatic carbocycles. The second-order valence-electron chi connectivity index (χ2n) is 8.56. The monoisotopic (exact) mass is 357 g/mol. The van der Waals surface area contributed by atoms with Gasteiger partial charge < -0.3 is 5.73 Å². The summed E-state index contributed by atoms with van der Waals surface area (Å²) in [7, 11) is 0. The maximum Gasteiger partial charge on any atom is 0.0387 e. The maximum atomic E-state index is 6.42. The highest BCUT2D eigenvalue weighted by Gasteiger charge is 2.48. The zero-order chi connectivity index (χ0) is 19.0. The normalized spacial score (nSPS) is 23.4. The summed E-state index contributed by atoms with van der Waals surface area (Å²) in [6.45, 7) is 6.54. The van der Waals surface area contributed by atoms with Gasteiger partial charge in [-0.05, 0) is 79.0 Å². The van der Waals surface area contributed by atoms with Crippen molar-refractivity contribution in [3.8, 4) is 11.1 Å². The molecule has 1 heteroatoms. The minimum atomic E-state index is 0.315. The molecule has 1 fully saturated rings. The lowest BCUT2D eigenvalue weighted by molar-refractivity contribution is 0.353. The Labute approximate surface area is 164 Å². The molecule has 2 atom stereocenters. The van der Waals surface area contributed by atoms with E-state index in [2.05, 4.69) is 69.3 Å². The number of nitrogens with two attached hydrogens (primary N) is 1. The van der Waals surface area contributed by atoms with E-state index in [1.165, 1.54) is 54.4 Å². The van der Waals surface area contributed by atoms with E-state index in [1.807, 2.05) is 6.08 Å². The third kappa shape index (κ3) is 2.94. The van der Waals surface area contributed by atoms with Gasteiger partial charge in [-0.2, -0.15) is 0 Å². The predicted molar refractivity (Wildman–Crippen MR) is 117 cm³/mol. The van der Waals surface area contributed by atoms with E-state index in [4.69, 9.17) is 5.73 Å². The predicted octanol–water partition coefficient (Wildman–Crippen LogP) is 6.94. The van der Waals surface area contributed by atoms with E-state index >= 15 is 0 Å². The highest BCUT2D eigenvalue weighted by molar-refractivity contribution is 5.79. The highest BCUT2D eigenvalue weighted by Crippen LogP contribution is 2.60. The van der Waals surface area contributed by atoms with Gasteiger partial charge >= 0.3 is 0 Å². The number of hydrogen-bond donors (Lipinski definition) is 1. The van der Waals surface area contributed by atoms with Gasteiger partial charge in [-0.3, -0.25) is 0 Å². The highest BCUT2D eigenvalue weighted by atomic mass is 14.6. The molecule has 27 heavy (non-hydrogen) atoms. The largest absolute Gasteiger partial charge is 0.398 e. The van der Waals surface area contributed by atoms with E-state index in [9.17, 15) is 0 Å². The van der Waals surface area contributed by atoms with Crippen molar-refractivity contribution < 1.29 is 0 Å². The standard InChI is InChI=1S/C26H31N/c1-4-15-26-16-7-10-24(26)22-17-19(25(27)14-11-18(2)3)12-13-20(22)21-8-5-6-9-23(21)26/h5-6,8-9,11-14,17,24H,4,7,10,15-16,27H2,1-3H3/b25-14-/t24?,26-/m0/s1. The molecule has 0 spiro atoms. The molecule has 1 unspecified atom stereocenters. The van der Waals surface area contributed by atoms with Crippen LogP contribution in [0.15, 0.2) is 60.2 Å². The molecular formula is C26H31N. The van der Waals surface area contributed by atoms with Crippen LogP contribution >= 0.6 is 0 Å². The van der Waals surface area contributed by atoms with Crippen molar-refractivity contribution in [3.05, 3.63) is 76.9 Å². The third-order valence-electron chi connectivity index (χ3n) is 6.59. The minimum Gasteiger partial charge on any atom is -0.398 e. The van der Waals surface area contributed by atoms with Crippen molar-refractivity contribution in [2.75, 3.05) is 0 Å². The van der Waals surface area contributed by atoms with Crippen LogP contribution in [0.4, 0.5) is 0 Å². The molecule has 140 valence electrons. The van der Waals surface area contributed by atoms with E-state index in [1.54, 1.807) is 5.56 Å². The van der Waals surface area contributed by atoms with Crippen LogP contribution in [0.25, 0.3) is 16.8 Å². The lowest BCUT2D eigenvalue weighted by Crippen LogP contribution is -2.33. The Balaban J connectivity index is 1.89. The fourth-order valence-corrected chi connectivity index (χ4v) is 5.51. The van der Waals surface area contributed by atoms with Crippen LogP contribution in [0.2, 0.25) is 0 Å². The summed E-state index contributed by atoms with van der Waals surface area (Å²) >= 11 is 0. The molecule has 2 N–H and O–H groups in total. The molecule has 0 bridgehead atoms. The summed E-state index contributed by atoms with van der Waals surface area (Å²) in [5.74, 6) is 0.624. The molecule has 0 heterocycles. The maximum absolute atomic E-state index is 6.42. The van der Waals surface area contributed by atoms with Gasteiger partial charge in [0.2, 0.25) is 0 Å². The second-order valence-corrected chi connectivity index (χ2v) is 8.56. The Morgan fingerprint density at radius 1 is 1.11 bits per heavy atom. The number of hydrogen-bond acceptors (Lipinski definition) is 1. The number of fused-ring (bicyclic) bond motifs is 6. The van der Waals surface area contributed by atoms with Gasteiger partial charge in [0, 0.05) is 11.1 Å². The minimum absolute atomic E-state index is 0.315. The smallest absolute Gasteiger partial charge is 0.0387 e. The third-order valence-corrected chi connectivity index (χ3v) is 6.59. The zero-order valence-electron chi connectivity index (χ0n) is 16.9. The molecular weight excluding hydrogens is 326 g/mol. The Kier molecular flexibility index (Phi) is 4.72. The molecule has 2 aliphatic rings. The first-order valence-corrected chi connectivity index (χ1v) is 10.4. The zero-order valence-corrected chi connectivity index (χ0v) is 16.9. The van der Waals surface area contributed by atoms with Crippen molar-refractivity contribution in [1.29, 1.82) is 0 Å². The quantitative estimate of drug-likeness (QED) is 0.589. The van der Waals surface area contributed by atoms with E-state index in [0.717, 1.165) is 11.3 Å². The SMILES string of the molecule is CCC[C@@]12CCCC1c1cc(/C(N)=C/C=C(C)C)ccc1-c1ccccc12. The summed E-state index contributed by atoms with van der Waals surface area (Å²) in [5, 5.41) is 0. The average molecular weight is 358 g/mol. The molecule has 0 radical (unpaired) electrons. The van der Waals surface area contributed by atoms with Gasteiger partial charge in [0.15, 0.2) is 0 Å². The van der Waals surface area contributed by atoms with Crippen LogP contribution < -0.4 is 5.73 Å². The summed E-state index contributed by atoms with van der Waals surface area (Å²) in [4.78, 5) is 0. The first-order valence-electron chi connectivity index (χ1n) is 10.4. The topological polar surface area (TPSA) is 26.0 Å². The first-order chi connectivity index (χ1) is 13.1. The lowest BCUT2D eigenvalue weighted by Gasteiger charge is -2.43. The van der Waals surface area contributed by atoms with Crippen LogP contribution in [0.5, 0.6) is 0 Å². The number of allylic oxidation sites excluding steroid dienone is 3. The van der Waals surface area contributed by atoms with Gasteiger partial charge in [0.05, 0.1) is 0 Å². The van der Waals surface area contributed by atoms with Crippen molar-refractivity contribution >= 4 is 5.70 Å². The van der Waals surface area contributed by atoms with Crippen LogP contribution in [0.1, 0.15) is 75.5 Å². The molecule has 0 aliphatic heterocycles. The fraction of sp³-hybridized carbons (Fsp3) is 0.385. The van der Waals surface area contributed by atoms with Crippen LogP contribution in [-0.2, 0) is 5.41 Å². The summed E-state index contributed by atoms with van der Waals surface area (Å²) in [5.41, 5.74) is 16.0. The molecule has 1 nitrogen and oxygen atoms in total. The second kappa shape index (κ2) is 7.03. The van der Waals surface area contributed by atoms with Crippen LogP contribution in [0, 0.1) is 0 Å². The molecule has 1 saturated carbocycles.